The van der Waals surface area contributed by atoms with Gasteiger partial charge < -0.3 is 10.6 Å². The van der Waals surface area contributed by atoms with E-state index in [0.717, 1.165) is 37.3 Å². The minimum absolute atomic E-state index is 0.225. The Kier molecular flexibility index (Phi) is 5.48. The Hall–Kier alpha value is -0.430. The first-order valence-electron chi connectivity index (χ1n) is 10.3. The first kappa shape index (κ1) is 18.9. The molecule has 0 aromatic heterocycles. The molecule has 4 fully saturated rings. The fourth-order valence-electron chi connectivity index (χ4n) is 5.23. The van der Waals surface area contributed by atoms with Crippen molar-refractivity contribution >= 4 is 27.6 Å². The molecule has 7 heteroatoms. The summed E-state index contributed by atoms with van der Waals surface area (Å²) in [7, 11) is -2.81. The van der Waals surface area contributed by atoms with Crippen LogP contribution < -0.4 is 10.6 Å². The standard InChI is InChI=1S/C19H33N3O2S2/c1-19(6-2-7-25-19)13-21-18(20-11-15-5-8-26(23,24)12-15)22-17-10-14-3-4-16(17)9-14/h14-17H,2-13H2,1H3,(H2,20,21,22). The van der Waals surface area contributed by atoms with Crippen LogP contribution in [-0.4, -0.2) is 55.5 Å². The van der Waals surface area contributed by atoms with Gasteiger partial charge in [-0.25, -0.2) is 8.42 Å². The van der Waals surface area contributed by atoms with Crippen LogP contribution in [0.1, 0.15) is 51.9 Å². The zero-order chi connectivity index (χ0) is 18.2. The van der Waals surface area contributed by atoms with Gasteiger partial charge in [0.15, 0.2) is 15.8 Å². The van der Waals surface area contributed by atoms with Crippen molar-refractivity contribution < 1.29 is 8.42 Å². The van der Waals surface area contributed by atoms with Crippen molar-refractivity contribution in [2.24, 2.45) is 22.7 Å². The third-order valence-electron chi connectivity index (χ3n) is 6.82. The van der Waals surface area contributed by atoms with Gasteiger partial charge >= 0.3 is 0 Å². The Bertz CT molecular complexity index is 643. The molecule has 0 aromatic carbocycles. The second-order valence-electron chi connectivity index (χ2n) is 9.14. The summed E-state index contributed by atoms with van der Waals surface area (Å²) < 4.78 is 23.7. The molecule has 2 heterocycles. The Morgan fingerprint density at radius 2 is 2.15 bits per heavy atom. The van der Waals surface area contributed by atoms with Gasteiger partial charge in [-0.3, -0.25) is 4.99 Å². The summed E-state index contributed by atoms with van der Waals surface area (Å²) in [5.74, 6) is 4.77. The van der Waals surface area contributed by atoms with E-state index >= 15 is 0 Å². The topological polar surface area (TPSA) is 70.6 Å². The molecule has 2 aliphatic carbocycles. The predicted octanol–water partition coefficient (Wildman–Crippen LogP) is 2.43. The lowest BCUT2D eigenvalue weighted by Gasteiger charge is -2.27. The van der Waals surface area contributed by atoms with Crippen molar-refractivity contribution in [3.8, 4) is 0 Å². The number of guanidine groups is 1. The van der Waals surface area contributed by atoms with E-state index in [1.807, 2.05) is 11.8 Å². The summed E-state index contributed by atoms with van der Waals surface area (Å²) in [4.78, 5) is 4.95. The largest absolute Gasteiger partial charge is 0.356 e. The maximum absolute atomic E-state index is 11.7. The van der Waals surface area contributed by atoms with E-state index in [2.05, 4.69) is 17.6 Å². The zero-order valence-corrected chi connectivity index (χ0v) is 17.5. The molecule has 2 saturated heterocycles. The summed E-state index contributed by atoms with van der Waals surface area (Å²) >= 11 is 2.04. The van der Waals surface area contributed by atoms with Crippen LogP contribution in [-0.2, 0) is 9.84 Å². The molecule has 2 aliphatic heterocycles. The maximum atomic E-state index is 11.7. The smallest absolute Gasteiger partial charge is 0.191 e. The molecule has 0 amide bonds. The highest BCUT2D eigenvalue weighted by molar-refractivity contribution is 8.00. The van der Waals surface area contributed by atoms with Crippen LogP contribution >= 0.6 is 11.8 Å². The third kappa shape index (κ3) is 4.51. The first-order valence-corrected chi connectivity index (χ1v) is 13.1. The molecular weight excluding hydrogens is 366 g/mol. The third-order valence-corrected chi connectivity index (χ3v) is 10.2. The molecule has 148 valence electrons. The fraction of sp³-hybridized carbons (Fsp3) is 0.947. The van der Waals surface area contributed by atoms with Crippen LogP contribution in [0.25, 0.3) is 0 Å². The number of fused-ring (bicyclic) bond motifs is 2. The van der Waals surface area contributed by atoms with Crippen LogP contribution in [0.15, 0.2) is 4.99 Å². The van der Waals surface area contributed by atoms with E-state index < -0.39 is 9.84 Å². The maximum Gasteiger partial charge on any atom is 0.191 e. The average Bonchev–Trinajstić information content (AvgIpc) is 3.36. The number of hydrogen-bond acceptors (Lipinski definition) is 4. The van der Waals surface area contributed by atoms with Gasteiger partial charge in [-0.15, -0.1) is 0 Å². The number of nitrogens with zero attached hydrogens (tertiary/aromatic N) is 1. The van der Waals surface area contributed by atoms with Crippen molar-refractivity contribution in [2.45, 2.75) is 62.7 Å². The molecule has 2 N–H and O–H groups in total. The minimum Gasteiger partial charge on any atom is -0.356 e. The molecule has 5 atom stereocenters. The average molecular weight is 400 g/mol. The summed E-state index contributed by atoms with van der Waals surface area (Å²) in [6, 6.07) is 0.552. The van der Waals surface area contributed by atoms with Gasteiger partial charge in [0.05, 0.1) is 18.1 Å². The zero-order valence-electron chi connectivity index (χ0n) is 15.9. The van der Waals surface area contributed by atoms with Gasteiger partial charge in [-0.2, -0.15) is 11.8 Å². The highest BCUT2D eigenvalue weighted by Crippen LogP contribution is 2.44. The van der Waals surface area contributed by atoms with Crippen molar-refractivity contribution in [2.75, 3.05) is 30.3 Å². The van der Waals surface area contributed by atoms with Gasteiger partial charge in [0, 0.05) is 17.3 Å². The van der Waals surface area contributed by atoms with Gasteiger partial charge in [0.25, 0.3) is 0 Å². The molecule has 2 bridgehead atoms. The van der Waals surface area contributed by atoms with Crippen molar-refractivity contribution in [1.82, 2.24) is 10.6 Å². The lowest BCUT2D eigenvalue weighted by Crippen LogP contribution is -2.47. The number of sulfone groups is 1. The predicted molar refractivity (Wildman–Crippen MR) is 110 cm³/mol. The fourth-order valence-corrected chi connectivity index (χ4v) is 8.32. The summed E-state index contributed by atoms with van der Waals surface area (Å²) in [6.07, 6.45) is 8.71. The summed E-state index contributed by atoms with van der Waals surface area (Å²) in [5.41, 5.74) is 0. The molecule has 0 radical (unpaired) electrons. The molecule has 4 rings (SSSR count). The highest BCUT2D eigenvalue weighted by Gasteiger charge is 2.40. The van der Waals surface area contributed by atoms with Crippen LogP contribution in [0.5, 0.6) is 0 Å². The Morgan fingerprint density at radius 1 is 1.27 bits per heavy atom. The number of hydrogen-bond donors (Lipinski definition) is 2. The monoisotopic (exact) mass is 399 g/mol. The van der Waals surface area contributed by atoms with Crippen LogP contribution in [0, 0.1) is 17.8 Å². The van der Waals surface area contributed by atoms with Crippen molar-refractivity contribution in [3.63, 3.8) is 0 Å². The second kappa shape index (κ2) is 7.53. The summed E-state index contributed by atoms with van der Waals surface area (Å²) in [6.45, 7) is 3.89. The minimum atomic E-state index is -2.81. The molecule has 0 aromatic rings. The van der Waals surface area contributed by atoms with E-state index in [0.29, 0.717) is 17.5 Å². The first-order chi connectivity index (χ1) is 12.4. The van der Waals surface area contributed by atoms with E-state index in [1.54, 1.807) is 0 Å². The quantitative estimate of drug-likeness (QED) is 0.549. The lowest BCUT2D eigenvalue weighted by molar-refractivity contribution is 0.386. The van der Waals surface area contributed by atoms with Gasteiger partial charge in [0.1, 0.15) is 0 Å². The molecule has 5 unspecified atom stereocenters. The number of aliphatic imine (C=N–C) groups is 1. The molecular formula is C19H33N3O2S2. The van der Waals surface area contributed by atoms with Crippen LogP contribution in [0.2, 0.25) is 0 Å². The Morgan fingerprint density at radius 3 is 2.77 bits per heavy atom. The van der Waals surface area contributed by atoms with Gasteiger partial charge in [-0.05, 0) is 69.0 Å². The van der Waals surface area contributed by atoms with E-state index in [9.17, 15) is 8.42 Å². The number of nitrogens with one attached hydrogen (secondary N) is 2. The van der Waals surface area contributed by atoms with Gasteiger partial charge in [0.2, 0.25) is 0 Å². The summed E-state index contributed by atoms with van der Waals surface area (Å²) in [5, 5.41) is 7.21. The molecule has 2 saturated carbocycles. The van der Waals surface area contributed by atoms with Crippen LogP contribution in [0.3, 0.4) is 0 Å². The normalized spacial score (nSPS) is 41.7. The van der Waals surface area contributed by atoms with Crippen molar-refractivity contribution in [3.05, 3.63) is 0 Å². The molecule has 0 spiro atoms. The Labute approximate surface area is 162 Å². The van der Waals surface area contributed by atoms with E-state index in [4.69, 9.17) is 4.99 Å². The van der Waals surface area contributed by atoms with Gasteiger partial charge in [-0.1, -0.05) is 6.42 Å². The number of thioether (sulfide) groups is 1. The lowest BCUT2D eigenvalue weighted by atomic mass is 9.95. The molecule has 5 nitrogen and oxygen atoms in total. The van der Waals surface area contributed by atoms with E-state index in [-0.39, 0.29) is 10.7 Å². The number of rotatable bonds is 5. The SMILES string of the molecule is CC1(CN=C(NCC2CCS(=O)(=O)C2)NC2CC3CCC2C3)CCCS1. The molecule has 26 heavy (non-hydrogen) atoms. The second-order valence-corrected chi connectivity index (χ2v) is 13.1. The molecule has 4 aliphatic rings. The van der Waals surface area contributed by atoms with E-state index in [1.165, 1.54) is 44.3 Å². The van der Waals surface area contributed by atoms with Crippen molar-refractivity contribution in [1.29, 1.82) is 0 Å². The highest BCUT2D eigenvalue weighted by atomic mass is 32.2. The Balaban J connectivity index is 1.37. The van der Waals surface area contributed by atoms with Crippen LogP contribution in [0.4, 0.5) is 0 Å².